The van der Waals surface area contributed by atoms with E-state index in [-0.39, 0.29) is 18.1 Å². The number of hydrogen-bond donors (Lipinski definition) is 1. The molecule has 0 bridgehead atoms. The second-order valence-corrected chi connectivity index (χ2v) is 4.91. The smallest absolute Gasteiger partial charge is 0.231 e. The Kier molecular flexibility index (Phi) is 3.61. The quantitative estimate of drug-likeness (QED) is 0.945. The third-order valence-electron chi connectivity index (χ3n) is 3.27. The monoisotopic (exact) mass is 310 g/mol. The number of fused-ring (bicyclic) bond motifs is 1. The molecule has 4 nitrogen and oxygen atoms in total. The van der Waals surface area contributed by atoms with Crippen molar-refractivity contribution in [1.29, 1.82) is 0 Å². The summed E-state index contributed by atoms with van der Waals surface area (Å²) in [4.78, 5) is 0. The lowest BCUT2D eigenvalue weighted by atomic mass is 10.00. The lowest BCUT2D eigenvalue weighted by Crippen LogP contribution is -2.04. The van der Waals surface area contributed by atoms with Crippen molar-refractivity contribution in [3.8, 4) is 17.2 Å². The Bertz CT molecular complexity index is 690. The van der Waals surface area contributed by atoms with Gasteiger partial charge in [0, 0.05) is 5.56 Å². The Morgan fingerprint density at radius 2 is 2.14 bits per heavy atom. The molecule has 0 saturated carbocycles. The van der Waals surface area contributed by atoms with Crippen LogP contribution in [0.25, 0.3) is 0 Å². The van der Waals surface area contributed by atoms with Crippen molar-refractivity contribution < 1.29 is 23.7 Å². The van der Waals surface area contributed by atoms with Gasteiger partial charge < -0.3 is 19.3 Å². The Balaban J connectivity index is 2.03. The maximum Gasteiger partial charge on any atom is 0.231 e. The summed E-state index contributed by atoms with van der Waals surface area (Å²) in [6.07, 6.45) is -1.19. The van der Waals surface area contributed by atoms with Crippen molar-refractivity contribution in [2.45, 2.75) is 6.10 Å². The fraction of sp³-hybridized carbons (Fsp3) is 0.200. The van der Waals surface area contributed by atoms with Gasteiger partial charge in [0.05, 0.1) is 12.1 Å². The van der Waals surface area contributed by atoms with Crippen LogP contribution in [0.1, 0.15) is 17.2 Å². The fourth-order valence-electron chi connectivity index (χ4n) is 2.22. The van der Waals surface area contributed by atoms with Crippen molar-refractivity contribution in [3.63, 3.8) is 0 Å². The Hall–Kier alpha value is -1.98. The van der Waals surface area contributed by atoms with E-state index in [0.717, 1.165) is 0 Å². The molecule has 21 heavy (non-hydrogen) atoms. The summed E-state index contributed by atoms with van der Waals surface area (Å²) < 4.78 is 29.6. The summed E-state index contributed by atoms with van der Waals surface area (Å²) in [6, 6.07) is 7.69. The number of hydrogen-bond acceptors (Lipinski definition) is 4. The van der Waals surface area contributed by atoms with Crippen molar-refractivity contribution in [1.82, 2.24) is 0 Å². The van der Waals surface area contributed by atoms with Crippen LogP contribution in [-0.4, -0.2) is 19.0 Å². The molecule has 0 fully saturated rings. The predicted octanol–water partition coefficient (Wildman–Crippen LogP) is 3.30. The van der Waals surface area contributed by atoms with Gasteiger partial charge in [-0.25, -0.2) is 4.39 Å². The van der Waals surface area contributed by atoms with E-state index in [1.54, 1.807) is 12.1 Å². The highest BCUT2D eigenvalue weighted by atomic mass is 35.5. The molecule has 6 heteroatoms. The summed E-state index contributed by atoms with van der Waals surface area (Å²) in [6.45, 7) is 0.0716. The average molecular weight is 311 g/mol. The van der Waals surface area contributed by atoms with Gasteiger partial charge in [-0.1, -0.05) is 23.7 Å². The standard InChI is InChI=1S/C15H12ClFO4/c1-19-11-4-2-3-9(13(11)17)14(18)8-5-10(16)15-12(6-8)20-7-21-15/h2-6,14,18H,7H2,1H3. The van der Waals surface area contributed by atoms with Crippen LogP contribution in [0.3, 0.4) is 0 Å². The molecule has 110 valence electrons. The van der Waals surface area contributed by atoms with Crippen LogP contribution in [-0.2, 0) is 0 Å². The van der Waals surface area contributed by atoms with Crippen LogP contribution in [0.5, 0.6) is 17.2 Å². The first kappa shape index (κ1) is 14.0. The van der Waals surface area contributed by atoms with Crippen molar-refractivity contribution in [2.24, 2.45) is 0 Å². The molecular formula is C15H12ClFO4. The maximum atomic E-state index is 14.2. The molecule has 0 amide bonds. The predicted molar refractivity (Wildman–Crippen MR) is 74.6 cm³/mol. The first-order valence-electron chi connectivity index (χ1n) is 6.21. The summed E-state index contributed by atoms with van der Waals surface area (Å²) in [5.74, 6) is 0.318. The molecule has 0 aliphatic carbocycles. The van der Waals surface area contributed by atoms with Crippen LogP contribution in [0.4, 0.5) is 4.39 Å². The Morgan fingerprint density at radius 1 is 1.33 bits per heavy atom. The molecule has 1 atom stereocenters. The minimum Gasteiger partial charge on any atom is -0.494 e. The van der Waals surface area contributed by atoms with Crippen LogP contribution in [0, 0.1) is 5.82 Å². The van der Waals surface area contributed by atoms with Crippen molar-refractivity contribution in [3.05, 3.63) is 52.3 Å². The molecule has 2 aromatic carbocycles. The number of aliphatic hydroxyl groups is 1. The largest absolute Gasteiger partial charge is 0.494 e. The van der Waals surface area contributed by atoms with E-state index in [2.05, 4.69) is 0 Å². The molecule has 1 aliphatic rings. The minimum atomic E-state index is -1.19. The molecule has 1 heterocycles. The van der Waals surface area contributed by atoms with Gasteiger partial charge in [-0.15, -0.1) is 0 Å². The number of ether oxygens (including phenoxy) is 3. The second-order valence-electron chi connectivity index (χ2n) is 4.50. The molecule has 0 spiro atoms. The summed E-state index contributed by atoms with van der Waals surface area (Å²) >= 11 is 6.07. The molecule has 1 aliphatic heterocycles. The van der Waals surface area contributed by atoms with E-state index in [9.17, 15) is 9.50 Å². The SMILES string of the molecule is COc1cccc(C(O)c2cc(Cl)c3c(c2)OCO3)c1F. The summed E-state index contributed by atoms with van der Waals surface area (Å²) in [5, 5.41) is 10.7. The van der Waals surface area contributed by atoms with Gasteiger partial charge in [-0.3, -0.25) is 0 Å². The van der Waals surface area contributed by atoms with Crippen LogP contribution in [0.15, 0.2) is 30.3 Å². The third kappa shape index (κ3) is 2.39. The second kappa shape index (κ2) is 5.42. The molecule has 1 unspecified atom stereocenters. The summed E-state index contributed by atoms with van der Waals surface area (Å²) in [7, 11) is 1.37. The first-order valence-corrected chi connectivity index (χ1v) is 6.59. The van der Waals surface area contributed by atoms with Crippen LogP contribution in [0.2, 0.25) is 5.02 Å². The van der Waals surface area contributed by atoms with Crippen LogP contribution < -0.4 is 14.2 Å². The van der Waals surface area contributed by atoms with E-state index in [1.165, 1.54) is 25.3 Å². The van der Waals surface area contributed by atoms with Crippen molar-refractivity contribution in [2.75, 3.05) is 13.9 Å². The number of benzene rings is 2. The Morgan fingerprint density at radius 3 is 2.90 bits per heavy atom. The highest BCUT2D eigenvalue weighted by Gasteiger charge is 2.23. The van der Waals surface area contributed by atoms with Gasteiger partial charge in [0.15, 0.2) is 23.1 Å². The molecule has 1 N–H and O–H groups in total. The summed E-state index contributed by atoms with van der Waals surface area (Å²) in [5.41, 5.74) is 0.515. The molecule has 3 rings (SSSR count). The Labute approximate surface area is 125 Å². The zero-order valence-corrected chi connectivity index (χ0v) is 11.9. The number of rotatable bonds is 3. The maximum absolute atomic E-state index is 14.2. The molecule has 0 aromatic heterocycles. The average Bonchev–Trinajstić information content (AvgIpc) is 2.96. The highest BCUT2D eigenvalue weighted by Crippen LogP contribution is 2.42. The fourth-order valence-corrected chi connectivity index (χ4v) is 2.50. The molecule has 0 radical (unpaired) electrons. The first-order chi connectivity index (χ1) is 10.1. The van der Waals surface area contributed by atoms with E-state index in [4.69, 9.17) is 25.8 Å². The van der Waals surface area contributed by atoms with Gasteiger partial charge in [0.1, 0.15) is 6.10 Å². The van der Waals surface area contributed by atoms with Gasteiger partial charge in [0.2, 0.25) is 6.79 Å². The van der Waals surface area contributed by atoms with E-state index >= 15 is 0 Å². The topological polar surface area (TPSA) is 47.9 Å². The normalized spacial score (nSPS) is 14.1. The van der Waals surface area contributed by atoms with Crippen molar-refractivity contribution >= 4 is 11.6 Å². The number of halogens is 2. The van der Waals surface area contributed by atoms with Gasteiger partial charge in [-0.2, -0.15) is 0 Å². The highest BCUT2D eigenvalue weighted by molar-refractivity contribution is 6.32. The zero-order valence-electron chi connectivity index (χ0n) is 11.1. The molecule has 2 aromatic rings. The number of methoxy groups -OCH3 is 1. The van der Waals surface area contributed by atoms with E-state index < -0.39 is 11.9 Å². The van der Waals surface area contributed by atoms with Gasteiger partial charge in [-0.05, 0) is 23.8 Å². The van der Waals surface area contributed by atoms with Gasteiger partial charge >= 0.3 is 0 Å². The minimum absolute atomic E-state index is 0.0680. The van der Waals surface area contributed by atoms with E-state index in [0.29, 0.717) is 22.1 Å². The van der Waals surface area contributed by atoms with E-state index in [1.807, 2.05) is 0 Å². The molecular weight excluding hydrogens is 299 g/mol. The molecule has 0 saturated heterocycles. The zero-order chi connectivity index (χ0) is 15.0. The third-order valence-corrected chi connectivity index (χ3v) is 3.55. The lowest BCUT2D eigenvalue weighted by molar-refractivity contribution is 0.173. The number of aliphatic hydroxyl groups excluding tert-OH is 1. The van der Waals surface area contributed by atoms with Gasteiger partial charge in [0.25, 0.3) is 0 Å². The van der Waals surface area contributed by atoms with Crippen LogP contribution >= 0.6 is 11.6 Å². The lowest BCUT2D eigenvalue weighted by Gasteiger charge is -2.15.